The minimum Gasteiger partial charge on any atom is -0.388 e. The highest BCUT2D eigenvalue weighted by Crippen LogP contribution is 2.53. The monoisotopic (exact) mass is 234 g/mol. The highest BCUT2D eigenvalue weighted by atomic mass is 16.3. The molecule has 3 atom stereocenters. The molecule has 0 aliphatic heterocycles. The molecule has 0 aromatic heterocycles. The van der Waals surface area contributed by atoms with E-state index < -0.39 is 6.10 Å². The molecule has 0 aromatic carbocycles. The van der Waals surface area contributed by atoms with Gasteiger partial charge in [0.25, 0.3) is 0 Å². The van der Waals surface area contributed by atoms with Gasteiger partial charge in [0.1, 0.15) is 0 Å². The molecule has 2 heteroatoms. The van der Waals surface area contributed by atoms with E-state index >= 15 is 0 Å². The first-order valence-electron chi connectivity index (χ1n) is 6.48. The van der Waals surface area contributed by atoms with Crippen molar-refractivity contribution >= 4 is 5.78 Å². The van der Waals surface area contributed by atoms with E-state index in [2.05, 4.69) is 19.9 Å². The van der Waals surface area contributed by atoms with Crippen molar-refractivity contribution < 1.29 is 9.90 Å². The summed E-state index contributed by atoms with van der Waals surface area (Å²) in [6.07, 6.45) is 3.85. The number of aliphatic hydroxyl groups is 1. The van der Waals surface area contributed by atoms with Crippen LogP contribution in [0.4, 0.5) is 0 Å². The average Bonchev–Trinajstić information content (AvgIpc) is 2.20. The van der Waals surface area contributed by atoms with E-state index in [0.717, 1.165) is 29.6 Å². The molecule has 0 radical (unpaired) electrons. The predicted octanol–water partition coefficient (Wildman–Crippen LogP) is 3.02. The first-order valence-corrected chi connectivity index (χ1v) is 6.48. The quantitative estimate of drug-likeness (QED) is 0.654. The van der Waals surface area contributed by atoms with E-state index in [1.54, 1.807) is 0 Å². The molecule has 0 spiro atoms. The van der Waals surface area contributed by atoms with Crippen molar-refractivity contribution in [2.45, 2.75) is 53.1 Å². The second-order valence-electron chi connectivity index (χ2n) is 5.86. The van der Waals surface area contributed by atoms with Crippen LogP contribution in [0.3, 0.4) is 0 Å². The SMILES string of the molecule is CC(C)=C1[C@H](O)CC(=O)C2=CCC[C@@H](C)[C@@]21C. The van der Waals surface area contributed by atoms with Gasteiger partial charge in [-0.1, -0.05) is 25.5 Å². The first kappa shape index (κ1) is 12.6. The predicted molar refractivity (Wildman–Crippen MR) is 68.6 cm³/mol. The first-order chi connectivity index (χ1) is 7.89. The van der Waals surface area contributed by atoms with Crippen molar-refractivity contribution in [3.63, 3.8) is 0 Å². The number of allylic oxidation sites excluding steroid dienone is 3. The van der Waals surface area contributed by atoms with Gasteiger partial charge >= 0.3 is 0 Å². The fourth-order valence-corrected chi connectivity index (χ4v) is 3.64. The second kappa shape index (κ2) is 4.09. The summed E-state index contributed by atoms with van der Waals surface area (Å²) < 4.78 is 0. The third-order valence-corrected chi connectivity index (χ3v) is 4.60. The van der Waals surface area contributed by atoms with E-state index in [0.29, 0.717) is 5.92 Å². The van der Waals surface area contributed by atoms with Crippen molar-refractivity contribution in [2.75, 3.05) is 0 Å². The molecule has 0 bridgehead atoms. The fraction of sp³-hybridized carbons (Fsp3) is 0.667. The number of carbonyl (C=O) groups is 1. The molecule has 2 aliphatic rings. The Kier molecular flexibility index (Phi) is 3.03. The summed E-state index contributed by atoms with van der Waals surface area (Å²) in [6.45, 7) is 8.41. The van der Waals surface area contributed by atoms with Crippen LogP contribution in [0.15, 0.2) is 22.8 Å². The maximum Gasteiger partial charge on any atom is 0.162 e. The summed E-state index contributed by atoms with van der Waals surface area (Å²) in [7, 11) is 0. The molecule has 94 valence electrons. The number of hydrogen-bond donors (Lipinski definition) is 1. The molecule has 2 rings (SSSR count). The molecular formula is C15H22O2. The third-order valence-electron chi connectivity index (χ3n) is 4.60. The van der Waals surface area contributed by atoms with Gasteiger partial charge in [0.15, 0.2) is 5.78 Å². The minimum absolute atomic E-state index is 0.136. The number of Topliss-reactive ketones (excluding diaryl/α,β-unsaturated/α-hetero) is 1. The average molecular weight is 234 g/mol. The van der Waals surface area contributed by atoms with E-state index in [4.69, 9.17) is 0 Å². The second-order valence-corrected chi connectivity index (χ2v) is 5.86. The summed E-state index contributed by atoms with van der Waals surface area (Å²) in [5.74, 6) is 0.558. The van der Waals surface area contributed by atoms with Crippen LogP contribution in [0.2, 0.25) is 0 Å². The molecule has 0 unspecified atom stereocenters. The summed E-state index contributed by atoms with van der Waals surface area (Å²) in [4.78, 5) is 12.1. The number of aliphatic hydroxyl groups excluding tert-OH is 1. The summed E-state index contributed by atoms with van der Waals surface area (Å²) in [5, 5.41) is 10.2. The lowest BCUT2D eigenvalue weighted by molar-refractivity contribution is -0.120. The summed E-state index contributed by atoms with van der Waals surface area (Å²) in [5.41, 5.74) is 2.94. The highest BCUT2D eigenvalue weighted by molar-refractivity contribution is 5.99. The van der Waals surface area contributed by atoms with Crippen molar-refractivity contribution in [1.29, 1.82) is 0 Å². The maximum absolute atomic E-state index is 12.1. The van der Waals surface area contributed by atoms with Crippen molar-refractivity contribution in [2.24, 2.45) is 11.3 Å². The fourth-order valence-electron chi connectivity index (χ4n) is 3.64. The number of fused-ring (bicyclic) bond motifs is 1. The molecular weight excluding hydrogens is 212 g/mol. The molecule has 0 amide bonds. The summed E-state index contributed by atoms with van der Waals surface area (Å²) >= 11 is 0. The smallest absolute Gasteiger partial charge is 0.162 e. The van der Waals surface area contributed by atoms with Gasteiger partial charge in [-0.3, -0.25) is 4.79 Å². The number of ketones is 1. The van der Waals surface area contributed by atoms with Crippen LogP contribution < -0.4 is 0 Å². The lowest BCUT2D eigenvalue weighted by atomic mass is 9.56. The van der Waals surface area contributed by atoms with Crippen molar-refractivity contribution in [3.8, 4) is 0 Å². The van der Waals surface area contributed by atoms with Crippen LogP contribution in [0.1, 0.15) is 47.0 Å². The van der Waals surface area contributed by atoms with Crippen LogP contribution >= 0.6 is 0 Å². The topological polar surface area (TPSA) is 37.3 Å². The molecule has 1 saturated carbocycles. The molecule has 1 N–H and O–H groups in total. The Labute approximate surface area is 103 Å². The Morgan fingerprint density at radius 3 is 2.71 bits per heavy atom. The van der Waals surface area contributed by atoms with E-state index in [1.807, 2.05) is 13.8 Å². The van der Waals surface area contributed by atoms with Crippen LogP contribution in [-0.2, 0) is 4.79 Å². The van der Waals surface area contributed by atoms with Gasteiger partial charge in [-0.05, 0) is 38.2 Å². The molecule has 17 heavy (non-hydrogen) atoms. The van der Waals surface area contributed by atoms with Crippen LogP contribution in [0.5, 0.6) is 0 Å². The Balaban J connectivity index is 2.63. The Bertz CT molecular complexity index is 413. The number of carbonyl (C=O) groups excluding carboxylic acids is 1. The molecule has 1 fully saturated rings. The van der Waals surface area contributed by atoms with Crippen molar-refractivity contribution in [3.05, 3.63) is 22.8 Å². The Morgan fingerprint density at radius 1 is 1.47 bits per heavy atom. The Hall–Kier alpha value is -0.890. The lowest BCUT2D eigenvalue weighted by Gasteiger charge is -2.47. The van der Waals surface area contributed by atoms with Gasteiger partial charge in [-0.2, -0.15) is 0 Å². The van der Waals surface area contributed by atoms with Crippen LogP contribution in [-0.4, -0.2) is 17.0 Å². The molecule has 0 heterocycles. The van der Waals surface area contributed by atoms with Crippen LogP contribution in [0.25, 0.3) is 0 Å². The Morgan fingerprint density at radius 2 is 2.12 bits per heavy atom. The van der Waals surface area contributed by atoms with Gasteiger partial charge in [0.05, 0.1) is 6.10 Å². The van der Waals surface area contributed by atoms with E-state index in [9.17, 15) is 9.90 Å². The largest absolute Gasteiger partial charge is 0.388 e. The molecule has 2 aliphatic carbocycles. The highest BCUT2D eigenvalue weighted by Gasteiger charge is 2.49. The van der Waals surface area contributed by atoms with Gasteiger partial charge in [0.2, 0.25) is 0 Å². The van der Waals surface area contributed by atoms with Gasteiger partial charge < -0.3 is 5.11 Å². The number of hydrogen-bond acceptors (Lipinski definition) is 2. The zero-order chi connectivity index (χ0) is 12.8. The third kappa shape index (κ3) is 1.70. The van der Waals surface area contributed by atoms with Crippen LogP contribution in [0, 0.1) is 11.3 Å². The molecule has 0 aromatic rings. The summed E-state index contributed by atoms with van der Waals surface area (Å²) in [6, 6.07) is 0. The zero-order valence-corrected chi connectivity index (χ0v) is 11.2. The minimum atomic E-state index is -0.588. The standard InChI is InChI=1S/C15H22O2/c1-9(2)14-13(17)8-12(16)11-7-5-6-10(3)15(11,14)4/h7,10,13,17H,5-6,8H2,1-4H3/t10-,13-,15+/m1/s1. The molecule has 2 nitrogen and oxygen atoms in total. The normalized spacial score (nSPS) is 37.6. The van der Waals surface area contributed by atoms with E-state index in [1.165, 1.54) is 0 Å². The maximum atomic E-state index is 12.1. The van der Waals surface area contributed by atoms with E-state index in [-0.39, 0.29) is 17.6 Å². The molecule has 0 saturated heterocycles. The zero-order valence-electron chi connectivity index (χ0n) is 11.2. The van der Waals surface area contributed by atoms with Gasteiger partial charge in [-0.25, -0.2) is 0 Å². The van der Waals surface area contributed by atoms with Gasteiger partial charge in [-0.15, -0.1) is 0 Å². The van der Waals surface area contributed by atoms with Gasteiger partial charge in [0, 0.05) is 17.4 Å². The van der Waals surface area contributed by atoms with Crippen molar-refractivity contribution in [1.82, 2.24) is 0 Å². The lowest BCUT2D eigenvalue weighted by Crippen LogP contribution is -2.45. The number of rotatable bonds is 0.